The van der Waals surface area contributed by atoms with Gasteiger partial charge in [0.05, 0.1) is 13.5 Å². The van der Waals surface area contributed by atoms with E-state index in [0.29, 0.717) is 6.42 Å². The molecule has 2 atom stereocenters. The minimum atomic E-state index is -0.878. The highest BCUT2D eigenvalue weighted by Gasteiger charge is 2.25. The number of methoxy groups -OCH3 is 1. The molecule has 0 aromatic heterocycles. The maximum absolute atomic E-state index is 11.1. The molecule has 0 aromatic carbocycles. The number of rotatable bonds is 4. The van der Waals surface area contributed by atoms with Gasteiger partial charge in [0.15, 0.2) is 0 Å². The highest BCUT2D eigenvalue weighted by Crippen LogP contribution is 2.21. The van der Waals surface area contributed by atoms with Gasteiger partial charge in [-0.2, -0.15) is 0 Å². The number of hydrogen-bond donors (Lipinski definition) is 1. The Morgan fingerprint density at radius 3 is 2.75 bits per heavy atom. The second kappa shape index (κ2) is 5.95. The van der Waals surface area contributed by atoms with Gasteiger partial charge in [0.2, 0.25) is 0 Å². The van der Waals surface area contributed by atoms with Crippen LogP contribution >= 0.6 is 0 Å². The number of allylic oxidation sites excluding steroid dienone is 3. The van der Waals surface area contributed by atoms with E-state index in [1.165, 1.54) is 7.11 Å². The fourth-order valence-electron chi connectivity index (χ4n) is 1.55. The molecule has 1 aliphatic rings. The Balaban J connectivity index is 2.62. The molecule has 0 bridgehead atoms. The molecule has 1 amide bonds. The van der Waals surface area contributed by atoms with Crippen LogP contribution in [0.3, 0.4) is 0 Å². The van der Waals surface area contributed by atoms with Crippen molar-refractivity contribution in [3.8, 4) is 0 Å². The first-order valence-corrected chi connectivity index (χ1v) is 4.99. The van der Waals surface area contributed by atoms with Gasteiger partial charge in [-0.1, -0.05) is 24.3 Å². The van der Waals surface area contributed by atoms with E-state index in [4.69, 9.17) is 10.5 Å². The lowest BCUT2D eigenvalue weighted by atomic mass is 9.93. The summed E-state index contributed by atoms with van der Waals surface area (Å²) in [5, 5.41) is 0. The normalized spacial score (nSPS) is 20.2. The van der Waals surface area contributed by atoms with Gasteiger partial charge < -0.3 is 15.2 Å². The van der Waals surface area contributed by atoms with Crippen molar-refractivity contribution in [3.63, 3.8) is 0 Å². The Morgan fingerprint density at radius 1 is 1.50 bits per heavy atom. The highest BCUT2D eigenvalue weighted by atomic mass is 16.6. The number of ether oxygens (including phenoxy) is 2. The second-order valence-electron chi connectivity index (χ2n) is 3.47. The standard InChI is InChI=1S/C11H15NO4/c1-15-10(13)7-9(16-11(12)14)8-5-3-2-4-6-8/h2-5,8-9H,6-7H2,1H3,(H2,12,14)/t8?,9-/m0/s1. The van der Waals surface area contributed by atoms with Gasteiger partial charge in [0.25, 0.3) is 0 Å². The lowest BCUT2D eigenvalue weighted by Crippen LogP contribution is -2.31. The summed E-state index contributed by atoms with van der Waals surface area (Å²) in [4.78, 5) is 21.9. The molecule has 1 aliphatic carbocycles. The van der Waals surface area contributed by atoms with E-state index in [0.717, 1.165) is 0 Å². The van der Waals surface area contributed by atoms with Gasteiger partial charge in [-0.15, -0.1) is 0 Å². The predicted octanol–water partition coefficient (Wildman–Crippen LogP) is 1.15. The SMILES string of the molecule is COC(=O)C[C@H](OC(N)=O)C1C=CC=CC1. The molecule has 16 heavy (non-hydrogen) atoms. The maximum Gasteiger partial charge on any atom is 0.404 e. The first-order chi connectivity index (χ1) is 7.63. The highest BCUT2D eigenvalue weighted by molar-refractivity contribution is 5.71. The number of hydrogen-bond acceptors (Lipinski definition) is 4. The fraction of sp³-hybridized carbons (Fsp3) is 0.455. The van der Waals surface area contributed by atoms with E-state index in [1.807, 2.05) is 24.3 Å². The van der Waals surface area contributed by atoms with Gasteiger partial charge in [0.1, 0.15) is 6.10 Å². The zero-order valence-corrected chi connectivity index (χ0v) is 9.09. The average molecular weight is 225 g/mol. The summed E-state index contributed by atoms with van der Waals surface area (Å²) in [5.74, 6) is -0.453. The van der Waals surface area contributed by atoms with Crippen molar-refractivity contribution in [2.45, 2.75) is 18.9 Å². The second-order valence-corrected chi connectivity index (χ2v) is 3.47. The van der Waals surface area contributed by atoms with Crippen LogP contribution in [0.2, 0.25) is 0 Å². The Kier molecular flexibility index (Phi) is 4.57. The van der Waals surface area contributed by atoms with Crippen LogP contribution in [-0.4, -0.2) is 25.3 Å². The summed E-state index contributed by atoms with van der Waals surface area (Å²) in [5.41, 5.74) is 4.96. The van der Waals surface area contributed by atoms with Crippen molar-refractivity contribution in [2.75, 3.05) is 7.11 Å². The van der Waals surface area contributed by atoms with E-state index in [9.17, 15) is 9.59 Å². The predicted molar refractivity (Wildman–Crippen MR) is 57.5 cm³/mol. The summed E-state index contributed by atoms with van der Waals surface area (Å²) in [6.07, 6.45) is 6.87. The van der Waals surface area contributed by atoms with Gasteiger partial charge in [-0.05, 0) is 6.42 Å². The number of primary amides is 1. The molecule has 0 spiro atoms. The van der Waals surface area contributed by atoms with E-state index in [1.54, 1.807) is 0 Å². The molecule has 1 unspecified atom stereocenters. The molecule has 0 heterocycles. The number of nitrogens with two attached hydrogens (primary N) is 1. The van der Waals surface area contributed by atoms with Gasteiger partial charge in [0, 0.05) is 5.92 Å². The topological polar surface area (TPSA) is 78.6 Å². The van der Waals surface area contributed by atoms with E-state index in [-0.39, 0.29) is 12.3 Å². The average Bonchev–Trinajstić information content (AvgIpc) is 2.28. The zero-order chi connectivity index (χ0) is 12.0. The van der Waals surface area contributed by atoms with Crippen LogP contribution < -0.4 is 5.73 Å². The van der Waals surface area contributed by atoms with Crippen LogP contribution in [0.15, 0.2) is 24.3 Å². The van der Waals surface area contributed by atoms with Gasteiger partial charge >= 0.3 is 12.1 Å². The van der Waals surface area contributed by atoms with Crippen LogP contribution in [0.1, 0.15) is 12.8 Å². The number of carbonyl (C=O) groups is 2. The zero-order valence-electron chi connectivity index (χ0n) is 9.09. The minimum absolute atomic E-state index is 0.0162. The molecule has 5 nitrogen and oxygen atoms in total. The summed E-state index contributed by atoms with van der Waals surface area (Å²) in [6, 6.07) is 0. The van der Waals surface area contributed by atoms with Crippen LogP contribution in [0, 0.1) is 5.92 Å². The first kappa shape index (κ1) is 12.3. The van der Waals surface area contributed by atoms with Gasteiger partial charge in [-0.3, -0.25) is 4.79 Å². The molecule has 88 valence electrons. The molecule has 0 fully saturated rings. The summed E-state index contributed by atoms with van der Waals surface area (Å²) in [6.45, 7) is 0. The summed E-state index contributed by atoms with van der Waals surface area (Å²) >= 11 is 0. The molecule has 1 rings (SSSR count). The fourth-order valence-corrected chi connectivity index (χ4v) is 1.55. The Bertz CT molecular complexity index is 322. The molecule has 0 saturated heterocycles. The van der Waals surface area contributed by atoms with Crippen LogP contribution in [0.4, 0.5) is 4.79 Å². The Labute approximate surface area is 93.9 Å². The van der Waals surface area contributed by atoms with Crippen molar-refractivity contribution < 1.29 is 19.1 Å². The Hall–Kier alpha value is -1.78. The largest absolute Gasteiger partial charge is 0.469 e. The van der Waals surface area contributed by atoms with Crippen molar-refractivity contribution >= 4 is 12.1 Å². The lowest BCUT2D eigenvalue weighted by Gasteiger charge is -2.23. The third-order valence-electron chi connectivity index (χ3n) is 2.35. The monoisotopic (exact) mass is 225 g/mol. The molecule has 0 aromatic rings. The third kappa shape index (κ3) is 3.76. The van der Waals surface area contributed by atoms with Crippen molar-refractivity contribution in [3.05, 3.63) is 24.3 Å². The van der Waals surface area contributed by atoms with Crippen molar-refractivity contribution in [1.29, 1.82) is 0 Å². The third-order valence-corrected chi connectivity index (χ3v) is 2.35. The van der Waals surface area contributed by atoms with E-state index < -0.39 is 18.2 Å². The molecule has 0 aliphatic heterocycles. The number of esters is 1. The number of carbonyl (C=O) groups excluding carboxylic acids is 2. The molecule has 2 N–H and O–H groups in total. The maximum atomic E-state index is 11.1. The smallest absolute Gasteiger partial charge is 0.404 e. The Morgan fingerprint density at radius 2 is 2.25 bits per heavy atom. The molecule has 0 saturated carbocycles. The van der Waals surface area contributed by atoms with Crippen LogP contribution in [-0.2, 0) is 14.3 Å². The summed E-state index contributed by atoms with van der Waals surface area (Å²) in [7, 11) is 1.29. The van der Waals surface area contributed by atoms with Crippen LogP contribution in [0.25, 0.3) is 0 Å². The molecule has 5 heteroatoms. The minimum Gasteiger partial charge on any atom is -0.469 e. The van der Waals surface area contributed by atoms with E-state index >= 15 is 0 Å². The summed E-state index contributed by atoms with van der Waals surface area (Å²) < 4.78 is 9.46. The van der Waals surface area contributed by atoms with E-state index in [2.05, 4.69) is 4.74 Å². The molecular formula is C11H15NO4. The number of amides is 1. The van der Waals surface area contributed by atoms with Crippen LogP contribution in [0.5, 0.6) is 0 Å². The quantitative estimate of drug-likeness (QED) is 0.728. The first-order valence-electron chi connectivity index (χ1n) is 4.99. The molecular weight excluding hydrogens is 210 g/mol. The van der Waals surface area contributed by atoms with Crippen molar-refractivity contribution in [1.82, 2.24) is 0 Å². The molecule has 0 radical (unpaired) electrons. The lowest BCUT2D eigenvalue weighted by molar-refractivity contribution is -0.143. The van der Waals surface area contributed by atoms with Crippen molar-refractivity contribution in [2.24, 2.45) is 11.7 Å². The van der Waals surface area contributed by atoms with Gasteiger partial charge in [-0.25, -0.2) is 4.79 Å².